The molecule has 6 saturated heterocycles. The first-order valence-corrected chi connectivity index (χ1v) is 11.1. The Labute approximate surface area is 161 Å². The van der Waals surface area contributed by atoms with Crippen LogP contribution in [0.4, 0.5) is 0 Å². The molecule has 6 atom stereocenters. The average molecular weight is 380 g/mol. The molecule has 0 aromatic rings. The van der Waals surface area contributed by atoms with Gasteiger partial charge in [-0.2, -0.15) is 0 Å². The molecule has 6 nitrogen and oxygen atoms in total. The summed E-state index contributed by atoms with van der Waals surface area (Å²) in [5.41, 5.74) is -2.09. The van der Waals surface area contributed by atoms with Crippen molar-refractivity contribution in [3.8, 4) is 0 Å². The minimum absolute atomic E-state index is 0.0183. The Bertz CT molecular complexity index is 517. The molecule has 1 unspecified atom stereocenters. The van der Waals surface area contributed by atoms with Gasteiger partial charge in [0.1, 0.15) is 16.8 Å². The molecule has 27 heavy (non-hydrogen) atoms. The molecule has 0 saturated carbocycles. The maximum absolute atomic E-state index is 6.81. The molecule has 0 amide bonds. The highest BCUT2D eigenvalue weighted by atomic mass is 16.7. The molecule has 0 N–H and O–H groups in total. The van der Waals surface area contributed by atoms with Crippen LogP contribution in [0.15, 0.2) is 0 Å². The predicted octanol–water partition coefficient (Wildman–Crippen LogP) is 2.72. The quantitative estimate of drug-likeness (QED) is 0.644. The fourth-order valence-corrected chi connectivity index (χ4v) is 7.42. The highest BCUT2D eigenvalue weighted by Crippen LogP contribution is 2.65. The lowest BCUT2D eigenvalue weighted by molar-refractivity contribution is -0.322. The van der Waals surface area contributed by atoms with Crippen LogP contribution in [0.25, 0.3) is 0 Å². The molecule has 0 aliphatic carbocycles. The molecule has 0 aromatic heterocycles. The van der Waals surface area contributed by atoms with Crippen LogP contribution in [0.1, 0.15) is 64.2 Å². The molecular weight excluding hydrogens is 348 g/mol. The van der Waals surface area contributed by atoms with Gasteiger partial charge < -0.3 is 28.4 Å². The summed E-state index contributed by atoms with van der Waals surface area (Å²) in [6, 6.07) is 0. The zero-order valence-electron chi connectivity index (χ0n) is 16.2. The van der Waals surface area contributed by atoms with Gasteiger partial charge in [-0.25, -0.2) is 0 Å². The normalized spacial score (nSPS) is 55.1. The van der Waals surface area contributed by atoms with E-state index in [9.17, 15) is 0 Å². The molecule has 0 radical (unpaired) electrons. The Hall–Kier alpha value is -0.240. The van der Waals surface area contributed by atoms with Gasteiger partial charge in [0.05, 0.1) is 6.10 Å². The first-order chi connectivity index (χ1) is 13.3. The van der Waals surface area contributed by atoms with Crippen molar-refractivity contribution in [1.29, 1.82) is 0 Å². The van der Waals surface area contributed by atoms with Crippen LogP contribution in [0.5, 0.6) is 0 Å². The first-order valence-electron chi connectivity index (χ1n) is 11.1. The van der Waals surface area contributed by atoms with Crippen molar-refractivity contribution >= 4 is 0 Å². The monoisotopic (exact) mass is 380 g/mol. The van der Waals surface area contributed by atoms with E-state index in [1.807, 2.05) is 0 Å². The molecule has 6 heterocycles. The van der Waals surface area contributed by atoms with Crippen LogP contribution >= 0.6 is 0 Å². The van der Waals surface area contributed by atoms with Crippen LogP contribution in [0.2, 0.25) is 0 Å². The Morgan fingerprint density at radius 2 is 1.15 bits per heavy atom. The van der Waals surface area contributed by atoms with Gasteiger partial charge in [0.25, 0.3) is 0 Å². The van der Waals surface area contributed by atoms with Crippen molar-refractivity contribution in [2.45, 2.75) is 99.0 Å². The fraction of sp³-hybridized carbons (Fsp3) is 1.00. The largest absolute Gasteiger partial charge is 0.369 e. The van der Waals surface area contributed by atoms with E-state index in [2.05, 4.69) is 0 Å². The molecule has 152 valence electrons. The second-order valence-electron chi connectivity index (χ2n) is 9.21. The number of hydrogen-bond donors (Lipinski definition) is 0. The summed E-state index contributed by atoms with van der Waals surface area (Å²) < 4.78 is 40.0. The standard InChI is InChI=1S/C21H32O6/c1-6-16-18(7-2-12-23-18)20(9-4-14-25-20)21(10-5-15-26-21)19(8-3-13-24-19)17(27-16)22-11-1/h16-17H,1-15H2/t16-,17?,18-,19+,20-,21+/m1/s1. The summed E-state index contributed by atoms with van der Waals surface area (Å²) in [7, 11) is 0. The molecule has 6 fully saturated rings. The highest BCUT2D eigenvalue weighted by molar-refractivity contribution is 5.29. The summed E-state index contributed by atoms with van der Waals surface area (Å²) in [5.74, 6) is 0. The van der Waals surface area contributed by atoms with E-state index < -0.39 is 28.7 Å². The van der Waals surface area contributed by atoms with Crippen molar-refractivity contribution in [3.63, 3.8) is 0 Å². The SMILES string of the molecule is C1COC2O[C@H](C1)[C@]1(CCCO1)[C@]1(CCCO1)[C@]1(CCCO1)[C@]21CCCO1. The van der Waals surface area contributed by atoms with Crippen molar-refractivity contribution < 1.29 is 28.4 Å². The fourth-order valence-electron chi connectivity index (χ4n) is 7.42. The Morgan fingerprint density at radius 1 is 0.556 bits per heavy atom. The molecule has 6 heteroatoms. The summed E-state index contributed by atoms with van der Waals surface area (Å²) in [4.78, 5) is 0. The lowest BCUT2D eigenvalue weighted by atomic mass is 9.58. The lowest BCUT2D eigenvalue weighted by Gasteiger charge is -2.58. The second kappa shape index (κ2) is 6.13. The molecule has 4 spiro atoms. The van der Waals surface area contributed by atoms with Gasteiger partial charge in [0.2, 0.25) is 0 Å². The van der Waals surface area contributed by atoms with Crippen LogP contribution in [-0.2, 0) is 28.4 Å². The molecule has 2 bridgehead atoms. The van der Waals surface area contributed by atoms with Crippen molar-refractivity contribution in [1.82, 2.24) is 0 Å². The van der Waals surface area contributed by atoms with Crippen LogP contribution in [-0.4, -0.2) is 67.8 Å². The average Bonchev–Trinajstić information content (AvgIpc) is 3.45. The van der Waals surface area contributed by atoms with Gasteiger partial charge in [-0.1, -0.05) is 0 Å². The first kappa shape index (κ1) is 17.6. The van der Waals surface area contributed by atoms with Gasteiger partial charge >= 0.3 is 0 Å². The summed E-state index contributed by atoms with van der Waals surface area (Å²) in [5, 5.41) is 0. The molecular formula is C21H32O6. The zero-order valence-corrected chi connectivity index (χ0v) is 16.2. The van der Waals surface area contributed by atoms with Crippen LogP contribution in [0, 0.1) is 0 Å². The van der Waals surface area contributed by atoms with E-state index in [4.69, 9.17) is 28.4 Å². The third-order valence-electron chi connectivity index (χ3n) is 8.24. The lowest BCUT2D eigenvalue weighted by Crippen LogP contribution is -2.77. The van der Waals surface area contributed by atoms with Gasteiger partial charge in [0, 0.05) is 33.0 Å². The molecule has 0 aromatic carbocycles. The van der Waals surface area contributed by atoms with Gasteiger partial charge in [-0.05, 0) is 64.2 Å². The Balaban J connectivity index is 1.62. The van der Waals surface area contributed by atoms with Crippen molar-refractivity contribution in [2.75, 3.05) is 33.0 Å². The highest BCUT2D eigenvalue weighted by Gasteiger charge is 2.81. The maximum atomic E-state index is 6.81. The molecule has 6 rings (SSSR count). The minimum Gasteiger partial charge on any atom is -0.369 e. The van der Waals surface area contributed by atoms with E-state index >= 15 is 0 Å². The predicted molar refractivity (Wildman–Crippen MR) is 95.5 cm³/mol. The minimum atomic E-state index is -0.591. The third-order valence-corrected chi connectivity index (χ3v) is 8.24. The van der Waals surface area contributed by atoms with Crippen molar-refractivity contribution in [3.05, 3.63) is 0 Å². The Morgan fingerprint density at radius 3 is 1.74 bits per heavy atom. The number of fused-ring (bicyclic) bond motifs is 7. The number of ether oxygens (including phenoxy) is 6. The van der Waals surface area contributed by atoms with Gasteiger partial charge in [0.15, 0.2) is 11.9 Å². The molecule has 6 aliphatic heterocycles. The van der Waals surface area contributed by atoms with E-state index in [0.717, 1.165) is 90.6 Å². The number of rotatable bonds is 0. The maximum Gasteiger partial charge on any atom is 0.189 e. The molecule has 6 aliphatic rings. The van der Waals surface area contributed by atoms with E-state index in [1.54, 1.807) is 0 Å². The van der Waals surface area contributed by atoms with Gasteiger partial charge in [-0.3, -0.25) is 0 Å². The summed E-state index contributed by atoms with van der Waals surface area (Å²) >= 11 is 0. The third kappa shape index (κ3) is 1.98. The second-order valence-corrected chi connectivity index (χ2v) is 9.21. The summed E-state index contributed by atoms with van der Waals surface area (Å²) in [6.07, 6.45) is 9.47. The topological polar surface area (TPSA) is 55.4 Å². The van der Waals surface area contributed by atoms with Crippen molar-refractivity contribution in [2.24, 2.45) is 0 Å². The zero-order chi connectivity index (χ0) is 18.0. The Kier molecular flexibility index (Phi) is 4.00. The van der Waals surface area contributed by atoms with Crippen LogP contribution < -0.4 is 0 Å². The number of hydrogen-bond acceptors (Lipinski definition) is 6. The van der Waals surface area contributed by atoms with Crippen LogP contribution in [0.3, 0.4) is 0 Å². The van der Waals surface area contributed by atoms with E-state index in [0.29, 0.717) is 6.61 Å². The van der Waals surface area contributed by atoms with E-state index in [1.165, 1.54) is 0 Å². The van der Waals surface area contributed by atoms with Gasteiger partial charge in [-0.15, -0.1) is 0 Å². The summed E-state index contributed by atoms with van der Waals surface area (Å²) in [6.45, 7) is 3.75. The smallest absolute Gasteiger partial charge is 0.189 e. The van der Waals surface area contributed by atoms with E-state index in [-0.39, 0.29) is 6.10 Å².